The predicted octanol–water partition coefficient (Wildman–Crippen LogP) is 1.51. The van der Waals surface area contributed by atoms with Crippen LogP contribution < -0.4 is 9.62 Å². The summed E-state index contributed by atoms with van der Waals surface area (Å²) in [6.45, 7) is 2.49. The van der Waals surface area contributed by atoms with Crippen molar-refractivity contribution in [3.63, 3.8) is 0 Å². The second-order valence-corrected chi connectivity index (χ2v) is 8.54. The number of benzene rings is 1. The van der Waals surface area contributed by atoms with Gasteiger partial charge in [0.1, 0.15) is 11.6 Å². The molecule has 1 aliphatic heterocycles. The first-order valence-electron chi connectivity index (χ1n) is 9.45. The minimum atomic E-state index is -3.70. The quantitative estimate of drug-likeness (QED) is 0.635. The Kier molecular flexibility index (Phi) is 5.77. The van der Waals surface area contributed by atoms with Crippen molar-refractivity contribution in [2.75, 3.05) is 31.1 Å². The van der Waals surface area contributed by atoms with E-state index in [0.29, 0.717) is 37.5 Å². The molecule has 0 saturated carbocycles. The molecule has 10 heteroatoms. The number of nitrogens with one attached hydrogen (secondary N) is 1. The first kappa shape index (κ1) is 20.0. The number of furan rings is 1. The highest BCUT2D eigenvalue weighted by Gasteiger charge is 2.23. The van der Waals surface area contributed by atoms with Crippen molar-refractivity contribution in [3.8, 4) is 0 Å². The van der Waals surface area contributed by atoms with Crippen molar-refractivity contribution in [2.45, 2.75) is 11.4 Å². The number of anilines is 1. The maximum atomic E-state index is 12.8. The zero-order valence-electron chi connectivity index (χ0n) is 16.1. The van der Waals surface area contributed by atoms with Gasteiger partial charge in [-0.3, -0.25) is 9.78 Å². The average Bonchev–Trinajstić information content (AvgIpc) is 3.32. The number of carbonyl (C=O) groups excluding carboxylic acids is 1. The van der Waals surface area contributed by atoms with Crippen LogP contribution in [0.1, 0.15) is 16.1 Å². The van der Waals surface area contributed by atoms with Crippen LogP contribution in [-0.2, 0) is 16.6 Å². The van der Waals surface area contributed by atoms with Crippen LogP contribution in [0.25, 0.3) is 0 Å². The molecule has 1 saturated heterocycles. The smallest absolute Gasteiger partial charge is 0.253 e. The second-order valence-electron chi connectivity index (χ2n) is 6.77. The van der Waals surface area contributed by atoms with Crippen LogP contribution in [0.15, 0.2) is 70.6 Å². The summed E-state index contributed by atoms with van der Waals surface area (Å²) < 4.78 is 32.4. The predicted molar refractivity (Wildman–Crippen MR) is 109 cm³/mol. The van der Waals surface area contributed by atoms with Gasteiger partial charge in [0.2, 0.25) is 10.0 Å². The Bertz CT molecular complexity index is 1080. The summed E-state index contributed by atoms with van der Waals surface area (Å²) in [5.74, 6) is 1.19. The molecule has 0 unspecified atom stereocenters. The maximum absolute atomic E-state index is 12.8. The van der Waals surface area contributed by atoms with E-state index < -0.39 is 10.0 Å². The molecule has 3 heterocycles. The SMILES string of the molecule is O=C(c1ccc(S(=O)(=O)NCc2ccco2)cc1)N1CCN(c2cnccn2)CC1. The normalized spacial score (nSPS) is 14.7. The number of hydrogen-bond acceptors (Lipinski definition) is 7. The molecule has 9 nitrogen and oxygen atoms in total. The van der Waals surface area contributed by atoms with Crippen LogP contribution in [0, 0.1) is 0 Å². The molecule has 2 aromatic heterocycles. The van der Waals surface area contributed by atoms with Gasteiger partial charge in [-0.2, -0.15) is 0 Å². The summed E-state index contributed by atoms with van der Waals surface area (Å²) in [6.07, 6.45) is 6.46. The van der Waals surface area contributed by atoms with Gasteiger partial charge in [-0.05, 0) is 36.4 Å². The lowest BCUT2D eigenvalue weighted by atomic mass is 10.2. The first-order chi connectivity index (χ1) is 14.5. The van der Waals surface area contributed by atoms with E-state index in [1.54, 1.807) is 47.8 Å². The molecule has 30 heavy (non-hydrogen) atoms. The van der Waals surface area contributed by atoms with Crippen LogP contribution >= 0.6 is 0 Å². The molecule has 1 fully saturated rings. The van der Waals surface area contributed by atoms with Crippen molar-refractivity contribution in [1.29, 1.82) is 0 Å². The van der Waals surface area contributed by atoms with Gasteiger partial charge in [0.05, 0.1) is 23.9 Å². The average molecular weight is 427 g/mol. The molecule has 1 aromatic carbocycles. The number of piperazine rings is 1. The van der Waals surface area contributed by atoms with Crippen molar-refractivity contribution >= 4 is 21.7 Å². The molecular weight excluding hydrogens is 406 g/mol. The number of amides is 1. The van der Waals surface area contributed by atoms with Crippen LogP contribution in [0.4, 0.5) is 5.82 Å². The van der Waals surface area contributed by atoms with E-state index in [2.05, 4.69) is 19.6 Å². The Hall–Kier alpha value is -3.24. The lowest BCUT2D eigenvalue weighted by Gasteiger charge is -2.35. The van der Waals surface area contributed by atoms with Crippen LogP contribution in [-0.4, -0.2) is 55.4 Å². The molecule has 0 bridgehead atoms. The van der Waals surface area contributed by atoms with Gasteiger partial charge in [0, 0.05) is 44.1 Å². The minimum absolute atomic E-state index is 0.0616. The second kappa shape index (κ2) is 8.64. The molecule has 1 N–H and O–H groups in total. The lowest BCUT2D eigenvalue weighted by Crippen LogP contribution is -2.49. The fourth-order valence-corrected chi connectivity index (χ4v) is 4.21. The van der Waals surface area contributed by atoms with Crippen molar-refractivity contribution in [3.05, 3.63) is 72.6 Å². The molecule has 0 radical (unpaired) electrons. The molecule has 1 amide bonds. The van der Waals surface area contributed by atoms with E-state index in [-0.39, 0.29) is 17.3 Å². The molecule has 0 spiro atoms. The standard InChI is InChI=1S/C20H21N5O4S/c26-20(25-11-9-24(10-12-25)19-15-21-7-8-22-19)16-3-5-18(6-4-16)30(27,28)23-14-17-2-1-13-29-17/h1-8,13,15,23H,9-12,14H2. The van der Waals surface area contributed by atoms with Gasteiger partial charge in [0.25, 0.3) is 5.91 Å². The number of rotatable bonds is 6. The topological polar surface area (TPSA) is 109 Å². The van der Waals surface area contributed by atoms with Crippen molar-refractivity contribution in [1.82, 2.24) is 19.6 Å². The first-order valence-corrected chi connectivity index (χ1v) is 10.9. The molecular formula is C20H21N5O4S. The fraction of sp³-hybridized carbons (Fsp3) is 0.250. The zero-order chi connectivity index (χ0) is 21.0. The van der Waals surface area contributed by atoms with Crippen LogP contribution in [0.5, 0.6) is 0 Å². The van der Waals surface area contributed by atoms with Gasteiger partial charge >= 0.3 is 0 Å². The fourth-order valence-electron chi connectivity index (χ4n) is 3.22. The number of hydrogen-bond donors (Lipinski definition) is 1. The van der Waals surface area contributed by atoms with Crippen molar-refractivity contribution < 1.29 is 17.6 Å². The minimum Gasteiger partial charge on any atom is -0.468 e. The van der Waals surface area contributed by atoms with Gasteiger partial charge in [-0.1, -0.05) is 0 Å². The number of sulfonamides is 1. The molecule has 4 rings (SSSR count). The molecule has 3 aromatic rings. The van der Waals surface area contributed by atoms with Crippen LogP contribution in [0.3, 0.4) is 0 Å². The number of carbonyl (C=O) groups is 1. The van der Waals surface area contributed by atoms with Gasteiger partial charge in [-0.15, -0.1) is 0 Å². The largest absolute Gasteiger partial charge is 0.468 e. The Morgan fingerprint density at radius 2 is 1.83 bits per heavy atom. The Labute approximate surface area is 174 Å². The van der Waals surface area contributed by atoms with Crippen LogP contribution in [0.2, 0.25) is 0 Å². The maximum Gasteiger partial charge on any atom is 0.253 e. The number of aromatic nitrogens is 2. The summed E-state index contributed by atoms with van der Waals surface area (Å²) in [7, 11) is -3.70. The highest BCUT2D eigenvalue weighted by Crippen LogP contribution is 2.16. The molecule has 0 aliphatic carbocycles. The monoisotopic (exact) mass is 427 g/mol. The Morgan fingerprint density at radius 1 is 1.07 bits per heavy atom. The van der Waals surface area contributed by atoms with E-state index in [9.17, 15) is 13.2 Å². The van der Waals surface area contributed by atoms with Gasteiger partial charge in [-0.25, -0.2) is 18.1 Å². The van der Waals surface area contributed by atoms with E-state index in [1.165, 1.54) is 18.4 Å². The third kappa shape index (κ3) is 4.50. The molecule has 1 aliphatic rings. The lowest BCUT2D eigenvalue weighted by molar-refractivity contribution is 0.0746. The van der Waals surface area contributed by atoms with E-state index in [1.807, 2.05) is 0 Å². The molecule has 0 atom stereocenters. The Balaban J connectivity index is 1.36. The van der Waals surface area contributed by atoms with E-state index in [4.69, 9.17) is 4.42 Å². The third-order valence-electron chi connectivity index (χ3n) is 4.87. The highest BCUT2D eigenvalue weighted by molar-refractivity contribution is 7.89. The van der Waals surface area contributed by atoms with Gasteiger partial charge in [0.15, 0.2) is 0 Å². The number of nitrogens with zero attached hydrogens (tertiary/aromatic N) is 4. The van der Waals surface area contributed by atoms with E-state index in [0.717, 1.165) is 5.82 Å². The highest BCUT2D eigenvalue weighted by atomic mass is 32.2. The van der Waals surface area contributed by atoms with Gasteiger partial charge < -0.3 is 14.2 Å². The summed E-state index contributed by atoms with van der Waals surface area (Å²) in [5, 5.41) is 0. The van der Waals surface area contributed by atoms with Crippen molar-refractivity contribution in [2.24, 2.45) is 0 Å². The molecule has 156 valence electrons. The summed E-state index contributed by atoms with van der Waals surface area (Å²) >= 11 is 0. The summed E-state index contributed by atoms with van der Waals surface area (Å²) in [6, 6.07) is 9.34. The Morgan fingerprint density at radius 3 is 2.47 bits per heavy atom. The van der Waals surface area contributed by atoms with E-state index >= 15 is 0 Å². The zero-order valence-corrected chi connectivity index (χ0v) is 17.0. The third-order valence-corrected chi connectivity index (χ3v) is 6.29. The summed E-state index contributed by atoms with van der Waals surface area (Å²) in [4.78, 5) is 25.1. The summed E-state index contributed by atoms with van der Waals surface area (Å²) in [5.41, 5.74) is 0.452.